The van der Waals surface area contributed by atoms with E-state index in [2.05, 4.69) is 0 Å². The van der Waals surface area contributed by atoms with Crippen molar-refractivity contribution < 1.29 is 55.6 Å². The third-order valence-corrected chi connectivity index (χ3v) is 4.23. The van der Waals surface area contributed by atoms with Crippen LogP contribution in [0.15, 0.2) is 34.1 Å². The lowest BCUT2D eigenvalue weighted by molar-refractivity contribution is -0.144. The lowest BCUT2D eigenvalue weighted by Gasteiger charge is -2.14. The molecule has 152 valence electrons. The van der Waals surface area contributed by atoms with Crippen molar-refractivity contribution in [3.05, 3.63) is 24.3 Å². The fourth-order valence-electron chi connectivity index (χ4n) is 1.53. The highest BCUT2D eigenvalue weighted by molar-refractivity contribution is 7.86. The highest BCUT2D eigenvalue weighted by atomic mass is 32.2. The lowest BCUT2D eigenvalue weighted by Crippen LogP contribution is -2.38. The highest BCUT2D eigenvalue weighted by Gasteiger charge is 2.16. The average Bonchev–Trinajstić information content (AvgIpc) is 2.44. The van der Waals surface area contributed by atoms with Gasteiger partial charge in [-0.25, -0.2) is 0 Å². The molecule has 1 aromatic rings. The van der Waals surface area contributed by atoms with Gasteiger partial charge in [0.1, 0.15) is 0 Å². The number of carbonyl (C=O) groups is 3. The van der Waals surface area contributed by atoms with E-state index in [0.29, 0.717) is 0 Å². The molecule has 15 heteroatoms. The van der Waals surface area contributed by atoms with Crippen LogP contribution in [0.4, 0.5) is 0 Å². The Kier molecular flexibility index (Phi) is 8.98. The van der Waals surface area contributed by atoms with Crippen molar-refractivity contribution in [1.29, 1.82) is 0 Å². The maximum Gasteiger partial charge on any atom is 0.317 e. The fourth-order valence-corrected chi connectivity index (χ4v) is 2.49. The van der Waals surface area contributed by atoms with E-state index in [1.165, 1.54) is 0 Å². The third-order valence-electron chi connectivity index (χ3n) is 2.50. The van der Waals surface area contributed by atoms with Crippen molar-refractivity contribution in [1.82, 2.24) is 4.90 Å². The van der Waals surface area contributed by atoms with E-state index >= 15 is 0 Å². The Hall–Kier alpha value is -2.59. The van der Waals surface area contributed by atoms with Gasteiger partial charge in [-0.2, -0.15) is 16.8 Å². The smallest absolute Gasteiger partial charge is 0.317 e. The second-order valence-electron chi connectivity index (χ2n) is 4.75. The van der Waals surface area contributed by atoms with Crippen LogP contribution in [0.2, 0.25) is 0 Å². The van der Waals surface area contributed by atoms with E-state index < -0.39 is 67.6 Å². The van der Waals surface area contributed by atoms with Gasteiger partial charge in [-0.3, -0.25) is 28.4 Å². The Morgan fingerprint density at radius 3 is 1.04 bits per heavy atom. The Morgan fingerprint density at radius 1 is 0.667 bits per heavy atom. The van der Waals surface area contributed by atoms with Gasteiger partial charge >= 0.3 is 17.9 Å². The number of hydrogen-bond donors (Lipinski definition) is 5. The van der Waals surface area contributed by atoms with Gasteiger partial charge in [-0.15, -0.1) is 0 Å². The monoisotopic (exact) mass is 429 g/mol. The maximum absolute atomic E-state index is 10.5. The topological polar surface area (TPSA) is 224 Å². The Balaban J connectivity index is 0.000000503. The molecule has 0 atom stereocenters. The zero-order valence-electron chi connectivity index (χ0n) is 13.3. The predicted molar refractivity (Wildman–Crippen MR) is 85.4 cm³/mol. The molecule has 0 aromatic heterocycles. The Bertz CT molecular complexity index is 800. The summed E-state index contributed by atoms with van der Waals surface area (Å²) in [6, 6.07) is 3.49. The highest BCUT2D eigenvalue weighted by Crippen LogP contribution is 2.13. The van der Waals surface area contributed by atoms with E-state index in [9.17, 15) is 31.2 Å². The number of hydrogen-bond acceptors (Lipinski definition) is 8. The molecule has 1 aromatic carbocycles. The first-order chi connectivity index (χ1) is 12.1. The van der Waals surface area contributed by atoms with E-state index in [1.54, 1.807) is 0 Å². The van der Waals surface area contributed by atoms with Gasteiger partial charge in [0.05, 0.1) is 29.4 Å². The first-order valence-corrected chi connectivity index (χ1v) is 9.43. The molecule has 1 rings (SSSR count). The van der Waals surface area contributed by atoms with E-state index in [0.717, 1.165) is 29.2 Å². The largest absolute Gasteiger partial charge is 0.480 e. The van der Waals surface area contributed by atoms with Gasteiger partial charge in [0.15, 0.2) is 0 Å². The van der Waals surface area contributed by atoms with Crippen LogP contribution in [0, 0.1) is 0 Å². The van der Waals surface area contributed by atoms with Crippen molar-refractivity contribution in [3.63, 3.8) is 0 Å². The normalized spacial score (nSPS) is 11.4. The van der Waals surface area contributed by atoms with Crippen LogP contribution >= 0.6 is 0 Å². The molecule has 0 saturated heterocycles. The average molecular weight is 429 g/mol. The molecule has 5 N–H and O–H groups in total. The van der Waals surface area contributed by atoms with Crippen molar-refractivity contribution >= 4 is 38.1 Å². The summed E-state index contributed by atoms with van der Waals surface area (Å²) < 4.78 is 59.2. The number of benzene rings is 1. The van der Waals surface area contributed by atoms with Gasteiger partial charge in [-0.1, -0.05) is 0 Å². The van der Waals surface area contributed by atoms with Crippen LogP contribution < -0.4 is 0 Å². The molecule has 13 nitrogen and oxygen atoms in total. The molecule has 0 aliphatic rings. The van der Waals surface area contributed by atoms with Crippen LogP contribution in [-0.2, 0) is 34.6 Å². The van der Waals surface area contributed by atoms with Gasteiger partial charge < -0.3 is 15.3 Å². The van der Waals surface area contributed by atoms with Crippen molar-refractivity contribution in [2.45, 2.75) is 9.79 Å². The zero-order valence-corrected chi connectivity index (χ0v) is 14.9. The number of carboxylic acid groups (broad SMARTS) is 3. The summed E-state index contributed by atoms with van der Waals surface area (Å²) in [5, 5.41) is 24.8. The molecule has 0 unspecified atom stereocenters. The van der Waals surface area contributed by atoms with E-state index in [4.69, 9.17) is 24.4 Å². The van der Waals surface area contributed by atoms with Crippen molar-refractivity contribution in [2.75, 3.05) is 19.6 Å². The molecular weight excluding hydrogens is 414 g/mol. The molecule has 27 heavy (non-hydrogen) atoms. The Labute approximate surface area is 153 Å². The lowest BCUT2D eigenvalue weighted by atomic mass is 10.4. The molecule has 0 amide bonds. The van der Waals surface area contributed by atoms with Crippen LogP contribution in [0.5, 0.6) is 0 Å². The number of carboxylic acids is 3. The van der Waals surface area contributed by atoms with Crippen LogP contribution in [0.3, 0.4) is 0 Å². The fraction of sp³-hybridized carbons (Fsp3) is 0.250. The summed E-state index contributed by atoms with van der Waals surface area (Å²) in [4.78, 5) is 30.4. The second-order valence-corrected chi connectivity index (χ2v) is 7.59. The minimum atomic E-state index is -4.34. The molecule has 0 saturated carbocycles. The summed E-state index contributed by atoms with van der Waals surface area (Å²) in [6.07, 6.45) is 0. The summed E-state index contributed by atoms with van der Waals surface area (Å²) in [7, 11) is -8.68. The molecule has 0 fully saturated rings. The summed E-state index contributed by atoms with van der Waals surface area (Å²) in [5.74, 6) is -3.78. The van der Waals surface area contributed by atoms with Crippen LogP contribution in [0.25, 0.3) is 0 Å². The third kappa shape index (κ3) is 10.9. The summed E-state index contributed by atoms with van der Waals surface area (Å²) in [5.41, 5.74) is 0. The quantitative estimate of drug-likeness (QED) is 0.304. The molecule has 0 aliphatic heterocycles. The number of rotatable bonds is 8. The van der Waals surface area contributed by atoms with Crippen molar-refractivity contribution in [2.24, 2.45) is 0 Å². The molecular formula is C12H15NO12S2. The van der Waals surface area contributed by atoms with Crippen molar-refractivity contribution in [3.8, 4) is 0 Å². The van der Waals surface area contributed by atoms with Gasteiger partial charge in [0.25, 0.3) is 20.2 Å². The van der Waals surface area contributed by atoms with E-state index in [1.807, 2.05) is 0 Å². The van der Waals surface area contributed by atoms with Gasteiger partial charge in [0, 0.05) is 0 Å². The first kappa shape index (κ1) is 24.4. The van der Waals surface area contributed by atoms with Crippen LogP contribution in [0.1, 0.15) is 0 Å². The molecule has 0 bridgehead atoms. The second kappa shape index (κ2) is 9.93. The van der Waals surface area contributed by atoms with Gasteiger partial charge in [-0.05, 0) is 24.3 Å². The standard InChI is InChI=1S/C6H9NO6.C6H6O6S2/c8-4(9)1-7(2-5(10)11)3-6(12)13;7-13(8,9)5-1-2-6(4-3-5)14(10,11)12/h1-3H2,(H,8,9)(H,10,11)(H,12,13);1-4H,(H,7,8,9)(H,10,11,12). The summed E-state index contributed by atoms with van der Waals surface area (Å²) >= 11 is 0. The molecule has 0 radical (unpaired) electrons. The number of aliphatic carboxylic acids is 3. The predicted octanol–water partition coefficient (Wildman–Crippen LogP) is -1.28. The number of nitrogens with zero attached hydrogens (tertiary/aromatic N) is 1. The minimum absolute atomic E-state index is 0.440. The minimum Gasteiger partial charge on any atom is -0.480 e. The first-order valence-electron chi connectivity index (χ1n) is 6.55. The maximum atomic E-state index is 10.5. The molecule has 0 aliphatic carbocycles. The van der Waals surface area contributed by atoms with Gasteiger partial charge in [0.2, 0.25) is 0 Å². The molecule has 0 heterocycles. The summed E-state index contributed by atoms with van der Waals surface area (Å²) in [6.45, 7) is -1.80. The van der Waals surface area contributed by atoms with E-state index in [-0.39, 0.29) is 0 Å². The molecule has 0 spiro atoms. The van der Waals surface area contributed by atoms with Crippen LogP contribution in [-0.4, -0.2) is 83.7 Å². The Morgan fingerprint density at radius 2 is 0.889 bits per heavy atom. The zero-order chi connectivity index (χ0) is 21.4. The SMILES string of the molecule is O=C(O)CN(CC(=O)O)CC(=O)O.O=S(=O)(O)c1ccc(S(=O)(=O)O)cc1.